The maximum atomic E-state index is 9.07. The van der Waals surface area contributed by atoms with Crippen molar-refractivity contribution >= 4 is 22.9 Å². The fraction of sp³-hybridized carbons (Fsp3) is 0.714. The normalized spacial score (nSPS) is 23.7. The van der Waals surface area contributed by atoms with Crippen LogP contribution in [0.4, 0.5) is 0 Å². The molecule has 3 N–H and O–H groups in total. The summed E-state index contributed by atoms with van der Waals surface area (Å²) in [7, 11) is 0. The summed E-state index contributed by atoms with van der Waals surface area (Å²) < 4.78 is 0.828. The molecule has 1 aromatic rings. The van der Waals surface area contributed by atoms with Gasteiger partial charge in [0.25, 0.3) is 0 Å². The molecular weight excluding hydrogens is 280 g/mol. The second-order valence-corrected chi connectivity index (χ2v) is 7.07. The molecule has 1 saturated heterocycles. The van der Waals surface area contributed by atoms with Crippen LogP contribution in [0.1, 0.15) is 37.1 Å². The van der Waals surface area contributed by atoms with Crippen LogP contribution >= 0.6 is 22.9 Å². The molecule has 1 aliphatic rings. The number of hydrogen-bond donors (Lipinski definition) is 2. The topological polar surface area (TPSA) is 49.5 Å². The first-order chi connectivity index (χ1) is 9.15. The van der Waals surface area contributed by atoms with Gasteiger partial charge < -0.3 is 10.8 Å². The molecule has 3 nitrogen and oxygen atoms in total. The van der Waals surface area contributed by atoms with E-state index in [0.29, 0.717) is 5.92 Å². The van der Waals surface area contributed by atoms with E-state index in [4.69, 9.17) is 22.4 Å². The van der Waals surface area contributed by atoms with E-state index in [1.165, 1.54) is 4.88 Å². The molecule has 0 aliphatic carbocycles. The van der Waals surface area contributed by atoms with Gasteiger partial charge in [0.1, 0.15) is 0 Å². The predicted octanol–water partition coefficient (Wildman–Crippen LogP) is 2.88. The van der Waals surface area contributed by atoms with Crippen LogP contribution < -0.4 is 5.73 Å². The lowest BCUT2D eigenvalue weighted by Gasteiger charge is -2.31. The summed E-state index contributed by atoms with van der Waals surface area (Å²) in [5.74, 6) is 0.604. The Bertz CT molecular complexity index is 399. The van der Waals surface area contributed by atoms with Crippen molar-refractivity contribution in [2.45, 2.75) is 38.3 Å². The number of halogens is 1. The van der Waals surface area contributed by atoms with Gasteiger partial charge in [-0.25, -0.2) is 0 Å². The third-order valence-corrected chi connectivity index (χ3v) is 5.31. The zero-order chi connectivity index (χ0) is 13.8. The molecule has 0 radical (unpaired) electrons. The smallest absolute Gasteiger partial charge is 0.0931 e. The molecule has 1 aromatic heterocycles. The van der Waals surface area contributed by atoms with Crippen LogP contribution in [0.2, 0.25) is 4.34 Å². The van der Waals surface area contributed by atoms with Crippen molar-refractivity contribution in [1.82, 2.24) is 4.90 Å². The number of hydrogen-bond acceptors (Lipinski definition) is 4. The van der Waals surface area contributed by atoms with Crippen LogP contribution in [-0.2, 0) is 0 Å². The fourth-order valence-corrected chi connectivity index (χ4v) is 4.18. The zero-order valence-electron chi connectivity index (χ0n) is 11.4. The molecule has 1 fully saturated rings. The van der Waals surface area contributed by atoms with Gasteiger partial charge in [-0.05, 0) is 43.9 Å². The number of aliphatic hydroxyl groups is 1. The van der Waals surface area contributed by atoms with E-state index in [1.54, 1.807) is 11.3 Å². The first-order valence-corrected chi connectivity index (χ1v) is 8.20. The van der Waals surface area contributed by atoms with Gasteiger partial charge in [-0.1, -0.05) is 18.5 Å². The van der Waals surface area contributed by atoms with Crippen molar-refractivity contribution in [1.29, 1.82) is 0 Å². The van der Waals surface area contributed by atoms with Crippen LogP contribution in [0.5, 0.6) is 0 Å². The van der Waals surface area contributed by atoms with Crippen molar-refractivity contribution in [3.63, 3.8) is 0 Å². The second-order valence-electron chi connectivity index (χ2n) is 5.32. The Kier molecular flexibility index (Phi) is 5.66. The molecule has 2 heterocycles. The molecule has 108 valence electrons. The van der Waals surface area contributed by atoms with Crippen molar-refractivity contribution < 1.29 is 5.11 Å². The lowest BCUT2D eigenvalue weighted by molar-refractivity contribution is 0.196. The van der Waals surface area contributed by atoms with E-state index < -0.39 is 0 Å². The van der Waals surface area contributed by atoms with Crippen LogP contribution in [-0.4, -0.2) is 35.7 Å². The molecule has 3 unspecified atom stereocenters. The summed E-state index contributed by atoms with van der Waals surface area (Å²) in [6.45, 7) is 4.52. The molecule has 0 bridgehead atoms. The highest BCUT2D eigenvalue weighted by Crippen LogP contribution is 2.36. The number of aliphatic hydroxyl groups excluding tert-OH is 1. The Balaban J connectivity index is 2.11. The van der Waals surface area contributed by atoms with Crippen molar-refractivity contribution in [2.24, 2.45) is 11.7 Å². The summed E-state index contributed by atoms with van der Waals surface area (Å²) in [6, 6.07) is 4.47. The van der Waals surface area contributed by atoms with Gasteiger partial charge >= 0.3 is 0 Å². The van der Waals surface area contributed by atoms with Gasteiger partial charge in [-0.3, -0.25) is 4.90 Å². The molecular formula is C14H23ClN2OS. The van der Waals surface area contributed by atoms with Gasteiger partial charge in [0.15, 0.2) is 0 Å². The Hall–Kier alpha value is -0.130. The summed E-state index contributed by atoms with van der Waals surface area (Å²) in [4.78, 5) is 3.74. The molecule has 5 heteroatoms. The van der Waals surface area contributed by atoms with Crippen molar-refractivity contribution in [3.05, 3.63) is 21.3 Å². The van der Waals surface area contributed by atoms with Crippen LogP contribution in [0.3, 0.4) is 0 Å². The number of nitrogens with zero attached hydrogens (tertiary/aromatic N) is 1. The van der Waals surface area contributed by atoms with E-state index in [9.17, 15) is 0 Å². The fourth-order valence-electron chi connectivity index (χ4n) is 2.91. The standard InChI is InChI=1S/C14H23ClN2OS/c1-2-11(16)14(12-3-4-13(15)19-12)17-7-5-10(9-17)6-8-18/h3-4,10-11,14,18H,2,5-9,16H2,1H3. The zero-order valence-corrected chi connectivity index (χ0v) is 13.0. The summed E-state index contributed by atoms with van der Waals surface area (Å²) in [5, 5.41) is 9.07. The van der Waals surface area contributed by atoms with Gasteiger partial charge in [0.2, 0.25) is 0 Å². The third kappa shape index (κ3) is 3.70. The predicted molar refractivity (Wildman–Crippen MR) is 81.7 cm³/mol. The monoisotopic (exact) mass is 302 g/mol. The SMILES string of the molecule is CCC(N)C(c1ccc(Cl)s1)N1CCC(CCO)C1. The number of likely N-dealkylation sites (tertiary alicyclic amines) is 1. The second kappa shape index (κ2) is 7.04. The molecule has 1 aliphatic heterocycles. The lowest BCUT2D eigenvalue weighted by Crippen LogP contribution is -2.39. The minimum absolute atomic E-state index is 0.141. The highest BCUT2D eigenvalue weighted by molar-refractivity contribution is 7.16. The van der Waals surface area contributed by atoms with E-state index in [2.05, 4.69) is 17.9 Å². The summed E-state index contributed by atoms with van der Waals surface area (Å²) in [6.07, 6.45) is 3.02. The van der Waals surface area contributed by atoms with E-state index in [-0.39, 0.29) is 18.7 Å². The van der Waals surface area contributed by atoms with Gasteiger partial charge in [0.05, 0.1) is 10.4 Å². The number of thiophene rings is 1. The highest BCUT2D eigenvalue weighted by atomic mass is 35.5. The van der Waals surface area contributed by atoms with Gasteiger partial charge in [-0.15, -0.1) is 11.3 Å². The van der Waals surface area contributed by atoms with Crippen molar-refractivity contribution in [2.75, 3.05) is 19.7 Å². The molecule has 2 rings (SSSR count). The third-order valence-electron chi connectivity index (χ3n) is 4.01. The summed E-state index contributed by atoms with van der Waals surface area (Å²) in [5.41, 5.74) is 6.33. The number of nitrogens with two attached hydrogens (primary N) is 1. The minimum atomic E-state index is 0.141. The Morgan fingerprint density at radius 2 is 2.37 bits per heavy atom. The molecule has 19 heavy (non-hydrogen) atoms. The van der Waals surface area contributed by atoms with Crippen LogP contribution in [0.25, 0.3) is 0 Å². The molecule has 0 aromatic carbocycles. The lowest BCUT2D eigenvalue weighted by atomic mass is 10.0. The van der Waals surface area contributed by atoms with E-state index >= 15 is 0 Å². The summed E-state index contributed by atoms with van der Waals surface area (Å²) >= 11 is 7.70. The van der Waals surface area contributed by atoms with Gasteiger partial charge in [-0.2, -0.15) is 0 Å². The Morgan fingerprint density at radius 3 is 2.95 bits per heavy atom. The minimum Gasteiger partial charge on any atom is -0.396 e. The van der Waals surface area contributed by atoms with Gasteiger partial charge in [0, 0.05) is 24.1 Å². The highest BCUT2D eigenvalue weighted by Gasteiger charge is 2.32. The van der Waals surface area contributed by atoms with E-state index in [0.717, 1.165) is 36.7 Å². The average molecular weight is 303 g/mol. The largest absolute Gasteiger partial charge is 0.396 e. The maximum absolute atomic E-state index is 9.07. The molecule has 0 spiro atoms. The molecule has 0 amide bonds. The van der Waals surface area contributed by atoms with Crippen LogP contribution in [0, 0.1) is 5.92 Å². The Labute approximate surface area is 124 Å². The number of rotatable bonds is 6. The van der Waals surface area contributed by atoms with Crippen LogP contribution in [0.15, 0.2) is 12.1 Å². The molecule has 0 saturated carbocycles. The first kappa shape index (κ1) is 15.3. The average Bonchev–Trinajstić information content (AvgIpc) is 3.00. The van der Waals surface area contributed by atoms with E-state index in [1.807, 2.05) is 6.07 Å². The maximum Gasteiger partial charge on any atom is 0.0931 e. The quantitative estimate of drug-likeness (QED) is 0.849. The first-order valence-electron chi connectivity index (χ1n) is 7.01. The molecule has 3 atom stereocenters. The van der Waals surface area contributed by atoms with Crippen molar-refractivity contribution in [3.8, 4) is 0 Å². The Morgan fingerprint density at radius 1 is 1.58 bits per heavy atom.